The van der Waals surface area contributed by atoms with Gasteiger partial charge in [0.15, 0.2) is 5.17 Å². The van der Waals surface area contributed by atoms with Gasteiger partial charge in [-0.05, 0) is 31.5 Å². The Labute approximate surface area is 93.0 Å². The molecule has 4 heteroatoms. The van der Waals surface area contributed by atoms with Crippen LogP contribution in [0.3, 0.4) is 0 Å². The highest BCUT2D eigenvalue weighted by Crippen LogP contribution is 2.21. The highest BCUT2D eigenvalue weighted by atomic mass is 32.2. The monoisotopic (exact) mass is 224 g/mol. The summed E-state index contributed by atoms with van der Waals surface area (Å²) in [5.74, 6) is 0.813. The van der Waals surface area contributed by atoms with Crippen LogP contribution in [0, 0.1) is 12.7 Å². The van der Waals surface area contributed by atoms with E-state index >= 15 is 0 Å². The largest absolute Gasteiger partial charge is 0.335 e. The molecule has 0 aromatic heterocycles. The molecule has 15 heavy (non-hydrogen) atoms. The predicted molar refractivity (Wildman–Crippen MR) is 64.1 cm³/mol. The molecule has 0 spiro atoms. The number of benzene rings is 1. The fourth-order valence-electron chi connectivity index (χ4n) is 1.34. The number of nitrogens with zero attached hydrogens (tertiary/aromatic N) is 1. The molecule has 1 unspecified atom stereocenters. The van der Waals surface area contributed by atoms with Crippen LogP contribution in [0.5, 0.6) is 0 Å². The third-order valence-corrected chi connectivity index (χ3v) is 3.35. The van der Waals surface area contributed by atoms with Crippen LogP contribution >= 0.6 is 11.8 Å². The lowest BCUT2D eigenvalue weighted by atomic mass is 10.2. The van der Waals surface area contributed by atoms with Gasteiger partial charge in [-0.1, -0.05) is 17.8 Å². The number of hydrogen-bond acceptors (Lipinski definition) is 3. The molecule has 0 saturated carbocycles. The Morgan fingerprint density at radius 2 is 2.33 bits per heavy atom. The van der Waals surface area contributed by atoms with Gasteiger partial charge in [0.2, 0.25) is 0 Å². The van der Waals surface area contributed by atoms with Crippen LogP contribution in [-0.2, 0) is 0 Å². The van der Waals surface area contributed by atoms with E-state index in [0.29, 0.717) is 11.6 Å². The van der Waals surface area contributed by atoms with Crippen molar-refractivity contribution in [3.63, 3.8) is 0 Å². The summed E-state index contributed by atoms with van der Waals surface area (Å²) in [6.07, 6.45) is 0. The number of halogens is 1. The molecule has 0 radical (unpaired) electrons. The van der Waals surface area contributed by atoms with Crippen molar-refractivity contribution in [2.24, 2.45) is 4.99 Å². The Morgan fingerprint density at radius 3 is 2.93 bits per heavy atom. The zero-order valence-corrected chi connectivity index (χ0v) is 9.57. The number of nitrogens with one attached hydrogen (secondary N) is 1. The molecule has 2 nitrogen and oxygen atoms in total. The van der Waals surface area contributed by atoms with E-state index in [1.165, 1.54) is 6.07 Å². The van der Waals surface area contributed by atoms with E-state index in [4.69, 9.17) is 0 Å². The van der Waals surface area contributed by atoms with Gasteiger partial charge in [-0.3, -0.25) is 4.99 Å². The molecule has 0 aliphatic carbocycles. The van der Waals surface area contributed by atoms with Crippen molar-refractivity contribution in [1.82, 2.24) is 0 Å². The molecule has 1 aliphatic rings. The number of amidine groups is 1. The molecule has 1 heterocycles. The molecule has 1 aliphatic heterocycles. The highest BCUT2D eigenvalue weighted by molar-refractivity contribution is 8.14. The van der Waals surface area contributed by atoms with Crippen LogP contribution in [0.25, 0.3) is 0 Å². The fraction of sp³-hybridized carbons (Fsp3) is 0.364. The molecular weight excluding hydrogens is 211 g/mol. The van der Waals surface area contributed by atoms with Crippen LogP contribution in [0.15, 0.2) is 23.2 Å². The number of rotatable bonds is 1. The van der Waals surface area contributed by atoms with E-state index in [1.54, 1.807) is 24.8 Å². The SMILES string of the molecule is Cc1ccc(NC2=NC(C)CS2)cc1F. The smallest absolute Gasteiger partial charge is 0.161 e. The summed E-state index contributed by atoms with van der Waals surface area (Å²) >= 11 is 1.67. The van der Waals surface area contributed by atoms with E-state index in [-0.39, 0.29) is 5.82 Å². The minimum absolute atomic E-state index is 0.184. The number of aryl methyl sites for hydroxylation is 1. The lowest BCUT2D eigenvalue weighted by Crippen LogP contribution is -2.05. The summed E-state index contributed by atoms with van der Waals surface area (Å²) in [5.41, 5.74) is 1.42. The second-order valence-corrected chi connectivity index (χ2v) is 4.69. The zero-order chi connectivity index (χ0) is 10.8. The van der Waals surface area contributed by atoms with Gasteiger partial charge in [0, 0.05) is 11.4 Å². The minimum Gasteiger partial charge on any atom is -0.335 e. The van der Waals surface area contributed by atoms with Crippen molar-refractivity contribution >= 4 is 22.6 Å². The molecule has 1 N–H and O–H groups in total. The molecule has 1 atom stereocenters. The first-order valence-corrected chi connectivity index (χ1v) is 5.87. The van der Waals surface area contributed by atoms with Crippen LogP contribution < -0.4 is 5.32 Å². The van der Waals surface area contributed by atoms with Crippen molar-refractivity contribution in [3.8, 4) is 0 Å². The Hall–Kier alpha value is -1.03. The summed E-state index contributed by atoms with van der Waals surface area (Å²) in [4.78, 5) is 4.38. The van der Waals surface area contributed by atoms with Gasteiger partial charge in [-0.15, -0.1) is 0 Å². The molecule has 80 valence electrons. The number of anilines is 1. The van der Waals surface area contributed by atoms with Crippen molar-refractivity contribution < 1.29 is 4.39 Å². The molecular formula is C11H13FN2S. The summed E-state index contributed by atoms with van der Waals surface area (Å²) in [5, 5.41) is 3.99. The summed E-state index contributed by atoms with van der Waals surface area (Å²) < 4.78 is 13.2. The standard InChI is InChI=1S/C11H13FN2S/c1-7-3-4-9(5-10(7)12)14-11-13-8(2)6-15-11/h3-5,8H,6H2,1-2H3,(H,13,14). The van der Waals surface area contributed by atoms with Crippen LogP contribution in [-0.4, -0.2) is 17.0 Å². The number of hydrogen-bond donors (Lipinski definition) is 1. The molecule has 0 saturated heterocycles. The maximum Gasteiger partial charge on any atom is 0.161 e. The Bertz CT molecular complexity index is 404. The molecule has 0 fully saturated rings. The van der Waals surface area contributed by atoms with Crippen LogP contribution in [0.2, 0.25) is 0 Å². The van der Waals surface area contributed by atoms with Gasteiger partial charge >= 0.3 is 0 Å². The van der Waals surface area contributed by atoms with Gasteiger partial charge in [-0.2, -0.15) is 0 Å². The van der Waals surface area contributed by atoms with Crippen LogP contribution in [0.1, 0.15) is 12.5 Å². The minimum atomic E-state index is -0.184. The van der Waals surface area contributed by atoms with Crippen molar-refractivity contribution in [3.05, 3.63) is 29.6 Å². The van der Waals surface area contributed by atoms with Gasteiger partial charge in [0.05, 0.1) is 6.04 Å². The first kappa shape index (κ1) is 10.5. The van der Waals surface area contributed by atoms with Crippen LogP contribution in [0.4, 0.5) is 10.1 Å². The van der Waals surface area contributed by atoms with E-state index in [1.807, 2.05) is 6.07 Å². The molecule has 0 bridgehead atoms. The topological polar surface area (TPSA) is 24.4 Å². The number of aliphatic imine (C=N–C) groups is 1. The second kappa shape index (κ2) is 4.23. The van der Waals surface area contributed by atoms with Crippen molar-refractivity contribution in [2.75, 3.05) is 11.1 Å². The molecule has 2 rings (SSSR count). The maximum atomic E-state index is 13.2. The molecule has 1 aromatic carbocycles. The lowest BCUT2D eigenvalue weighted by molar-refractivity contribution is 0.619. The second-order valence-electron chi connectivity index (χ2n) is 3.68. The third-order valence-electron chi connectivity index (χ3n) is 2.22. The highest BCUT2D eigenvalue weighted by Gasteiger charge is 2.13. The lowest BCUT2D eigenvalue weighted by Gasteiger charge is -2.05. The summed E-state index contributed by atoms with van der Waals surface area (Å²) in [6.45, 7) is 3.82. The zero-order valence-electron chi connectivity index (χ0n) is 8.75. The third kappa shape index (κ3) is 2.50. The van der Waals surface area contributed by atoms with E-state index < -0.39 is 0 Å². The number of thioether (sulfide) groups is 1. The first-order chi connectivity index (χ1) is 7.15. The first-order valence-electron chi connectivity index (χ1n) is 4.89. The van der Waals surface area contributed by atoms with Gasteiger partial charge < -0.3 is 5.32 Å². The van der Waals surface area contributed by atoms with E-state index in [9.17, 15) is 4.39 Å². The normalized spacial score (nSPS) is 20.2. The fourth-order valence-corrected chi connectivity index (χ4v) is 2.25. The average Bonchev–Trinajstić information content (AvgIpc) is 2.58. The Balaban J connectivity index is 2.11. The van der Waals surface area contributed by atoms with E-state index in [2.05, 4.69) is 17.2 Å². The summed E-state index contributed by atoms with van der Waals surface area (Å²) in [7, 11) is 0. The van der Waals surface area contributed by atoms with Gasteiger partial charge in [0.25, 0.3) is 0 Å². The van der Waals surface area contributed by atoms with E-state index in [0.717, 1.165) is 16.6 Å². The summed E-state index contributed by atoms with van der Waals surface area (Å²) in [6, 6.07) is 5.49. The molecule has 1 aromatic rings. The molecule has 0 amide bonds. The maximum absolute atomic E-state index is 13.2. The Morgan fingerprint density at radius 1 is 1.53 bits per heavy atom. The van der Waals surface area contributed by atoms with Gasteiger partial charge in [-0.25, -0.2) is 4.39 Å². The average molecular weight is 224 g/mol. The van der Waals surface area contributed by atoms with Crippen molar-refractivity contribution in [1.29, 1.82) is 0 Å². The van der Waals surface area contributed by atoms with Crippen molar-refractivity contribution in [2.45, 2.75) is 19.9 Å². The Kier molecular flexibility index (Phi) is 2.95. The predicted octanol–water partition coefficient (Wildman–Crippen LogP) is 3.04. The van der Waals surface area contributed by atoms with Gasteiger partial charge in [0.1, 0.15) is 5.82 Å². The quantitative estimate of drug-likeness (QED) is 0.793.